The molecule has 5 nitrogen and oxygen atoms in total. The van der Waals surface area contributed by atoms with Crippen LogP contribution in [0.2, 0.25) is 0 Å². The summed E-state index contributed by atoms with van der Waals surface area (Å²) in [6, 6.07) is 4.94. The van der Waals surface area contributed by atoms with Crippen molar-refractivity contribution in [3.63, 3.8) is 0 Å². The first-order valence-corrected chi connectivity index (χ1v) is 7.41. The highest BCUT2D eigenvalue weighted by Crippen LogP contribution is 2.32. The molecule has 1 N–H and O–H groups in total. The minimum absolute atomic E-state index is 0.0978. The van der Waals surface area contributed by atoms with E-state index in [1.807, 2.05) is 13.8 Å². The van der Waals surface area contributed by atoms with Crippen molar-refractivity contribution in [2.45, 2.75) is 20.3 Å². The van der Waals surface area contributed by atoms with Gasteiger partial charge in [0, 0.05) is 12.2 Å². The van der Waals surface area contributed by atoms with Crippen molar-refractivity contribution in [1.29, 1.82) is 0 Å². The Balaban J connectivity index is 2.00. The van der Waals surface area contributed by atoms with E-state index in [2.05, 4.69) is 4.98 Å². The molecule has 21 heavy (non-hydrogen) atoms. The van der Waals surface area contributed by atoms with E-state index in [1.165, 1.54) is 11.3 Å². The number of aromatic carboxylic acids is 1. The highest BCUT2D eigenvalue weighted by atomic mass is 32.1. The summed E-state index contributed by atoms with van der Waals surface area (Å²) < 4.78 is 0. The van der Waals surface area contributed by atoms with Gasteiger partial charge in [0.2, 0.25) is 0 Å². The van der Waals surface area contributed by atoms with E-state index >= 15 is 0 Å². The Morgan fingerprint density at radius 1 is 1.33 bits per heavy atom. The van der Waals surface area contributed by atoms with Crippen LogP contribution in [-0.2, 0) is 6.42 Å². The highest BCUT2D eigenvalue weighted by molar-refractivity contribution is 7.13. The van der Waals surface area contributed by atoms with Crippen LogP contribution in [0.25, 0.3) is 0 Å². The van der Waals surface area contributed by atoms with Crippen LogP contribution in [0.15, 0.2) is 18.2 Å². The summed E-state index contributed by atoms with van der Waals surface area (Å²) in [6.45, 7) is 4.27. The third-order valence-corrected chi connectivity index (χ3v) is 4.63. The van der Waals surface area contributed by atoms with Crippen LogP contribution in [0.3, 0.4) is 0 Å². The molecule has 0 fully saturated rings. The molecule has 0 saturated heterocycles. The number of hydrogen-bond acceptors (Lipinski definition) is 4. The predicted octanol–water partition coefficient (Wildman–Crippen LogP) is 2.66. The molecular formula is C15H14N2O3S. The van der Waals surface area contributed by atoms with Crippen LogP contribution in [0.1, 0.15) is 36.3 Å². The van der Waals surface area contributed by atoms with E-state index in [4.69, 9.17) is 5.11 Å². The van der Waals surface area contributed by atoms with E-state index in [1.54, 1.807) is 23.1 Å². The molecule has 0 aliphatic carbocycles. The minimum atomic E-state index is -0.984. The molecule has 0 spiro atoms. The molecule has 1 amide bonds. The van der Waals surface area contributed by atoms with E-state index in [9.17, 15) is 9.59 Å². The predicted molar refractivity (Wildman–Crippen MR) is 80.4 cm³/mol. The molecule has 1 aliphatic heterocycles. The fraction of sp³-hybridized carbons (Fsp3) is 0.267. The number of nitrogens with zero attached hydrogens (tertiary/aromatic N) is 2. The van der Waals surface area contributed by atoms with E-state index < -0.39 is 5.97 Å². The maximum absolute atomic E-state index is 12.7. The zero-order chi connectivity index (χ0) is 15.1. The second-order valence-electron chi connectivity index (χ2n) is 5.00. The topological polar surface area (TPSA) is 70.5 Å². The lowest BCUT2D eigenvalue weighted by Crippen LogP contribution is -2.28. The van der Waals surface area contributed by atoms with Gasteiger partial charge < -0.3 is 10.0 Å². The van der Waals surface area contributed by atoms with Gasteiger partial charge in [-0.25, -0.2) is 9.78 Å². The first kappa shape index (κ1) is 13.8. The molecule has 1 aromatic carbocycles. The number of carboxylic acids is 1. The number of carbonyl (C=O) groups excluding carboxylic acids is 1. The fourth-order valence-corrected chi connectivity index (χ4v) is 3.44. The van der Waals surface area contributed by atoms with Crippen molar-refractivity contribution in [3.8, 4) is 0 Å². The molecule has 0 atom stereocenters. The van der Waals surface area contributed by atoms with Gasteiger partial charge in [0.05, 0.1) is 16.3 Å². The van der Waals surface area contributed by atoms with Crippen molar-refractivity contribution in [3.05, 3.63) is 44.9 Å². The van der Waals surface area contributed by atoms with Crippen molar-refractivity contribution in [2.75, 3.05) is 11.4 Å². The average molecular weight is 302 g/mol. The highest BCUT2D eigenvalue weighted by Gasteiger charge is 2.28. The van der Waals surface area contributed by atoms with Crippen LogP contribution in [0.5, 0.6) is 0 Å². The third-order valence-electron chi connectivity index (χ3n) is 3.57. The van der Waals surface area contributed by atoms with E-state index in [0.29, 0.717) is 17.1 Å². The Hall–Kier alpha value is -2.21. The lowest BCUT2D eigenvalue weighted by Gasteiger charge is -2.17. The molecule has 6 heteroatoms. The molecular weight excluding hydrogens is 288 g/mol. The van der Waals surface area contributed by atoms with Crippen molar-refractivity contribution in [1.82, 2.24) is 4.98 Å². The number of thiazole rings is 1. The van der Waals surface area contributed by atoms with Gasteiger partial charge in [-0.2, -0.15) is 0 Å². The first-order chi connectivity index (χ1) is 9.97. The summed E-state index contributed by atoms with van der Waals surface area (Å²) >= 11 is 1.38. The fourth-order valence-electron chi connectivity index (χ4n) is 2.58. The van der Waals surface area contributed by atoms with Crippen LogP contribution in [0, 0.1) is 13.8 Å². The number of hydrogen-bond donors (Lipinski definition) is 1. The molecule has 108 valence electrons. The average Bonchev–Trinajstić information content (AvgIpc) is 3.00. The van der Waals surface area contributed by atoms with Crippen molar-refractivity contribution in [2.24, 2.45) is 0 Å². The Morgan fingerprint density at radius 3 is 2.71 bits per heavy atom. The molecule has 2 aromatic rings. The van der Waals surface area contributed by atoms with E-state index in [-0.39, 0.29) is 11.5 Å². The number of anilines is 1. The summed E-state index contributed by atoms with van der Waals surface area (Å²) in [5.41, 5.74) is 2.63. The molecule has 0 bridgehead atoms. The Labute approximate surface area is 125 Å². The number of rotatable bonds is 2. The van der Waals surface area contributed by atoms with Gasteiger partial charge in [0.1, 0.15) is 4.88 Å². The van der Waals surface area contributed by atoms with Gasteiger partial charge in [0.25, 0.3) is 5.91 Å². The summed E-state index contributed by atoms with van der Waals surface area (Å²) in [5, 5.41) is 9.95. The SMILES string of the molecule is Cc1nc(C)c(C(=O)N2CCc3ccc(C(=O)O)cc32)s1. The standard InChI is InChI=1S/C15H14N2O3S/c1-8-13(21-9(2)16-8)14(18)17-6-5-10-3-4-11(15(19)20)7-12(10)17/h3-4,7H,5-6H2,1-2H3,(H,19,20). The number of fused-ring (bicyclic) bond motifs is 1. The molecule has 2 heterocycles. The molecule has 0 radical (unpaired) electrons. The van der Waals surface area contributed by atoms with Gasteiger partial charge in [0.15, 0.2) is 0 Å². The number of aromatic nitrogens is 1. The van der Waals surface area contributed by atoms with Crippen molar-refractivity contribution < 1.29 is 14.7 Å². The summed E-state index contributed by atoms with van der Waals surface area (Å²) in [6.07, 6.45) is 0.748. The quantitative estimate of drug-likeness (QED) is 0.926. The number of carboxylic acid groups (broad SMARTS) is 1. The third kappa shape index (κ3) is 2.31. The maximum atomic E-state index is 12.7. The van der Waals surface area contributed by atoms with Gasteiger partial charge in [-0.15, -0.1) is 11.3 Å². The van der Waals surface area contributed by atoms with Gasteiger partial charge >= 0.3 is 5.97 Å². The van der Waals surface area contributed by atoms with E-state index in [0.717, 1.165) is 22.7 Å². The lowest BCUT2D eigenvalue weighted by atomic mass is 10.1. The minimum Gasteiger partial charge on any atom is -0.478 e. The monoisotopic (exact) mass is 302 g/mol. The van der Waals surface area contributed by atoms with Gasteiger partial charge in [-0.05, 0) is 38.0 Å². The van der Waals surface area contributed by atoms with Crippen LogP contribution in [-0.4, -0.2) is 28.5 Å². The molecule has 3 rings (SSSR count). The summed E-state index contributed by atoms with van der Waals surface area (Å²) in [4.78, 5) is 30.3. The molecule has 1 aliphatic rings. The second kappa shape index (κ2) is 4.96. The maximum Gasteiger partial charge on any atom is 0.335 e. The second-order valence-corrected chi connectivity index (χ2v) is 6.21. The van der Waals surface area contributed by atoms with Gasteiger partial charge in [-0.1, -0.05) is 6.07 Å². The number of aryl methyl sites for hydroxylation is 2. The Bertz CT molecular complexity index is 751. The number of benzene rings is 1. The molecule has 0 saturated carbocycles. The number of carbonyl (C=O) groups is 2. The zero-order valence-electron chi connectivity index (χ0n) is 11.7. The first-order valence-electron chi connectivity index (χ1n) is 6.59. The van der Waals surface area contributed by atoms with Crippen LogP contribution < -0.4 is 4.90 Å². The molecule has 1 aromatic heterocycles. The van der Waals surface area contributed by atoms with Crippen LogP contribution in [0.4, 0.5) is 5.69 Å². The smallest absolute Gasteiger partial charge is 0.335 e. The lowest BCUT2D eigenvalue weighted by molar-refractivity contribution is 0.0696. The van der Waals surface area contributed by atoms with Crippen molar-refractivity contribution >= 4 is 28.9 Å². The Kier molecular flexibility index (Phi) is 3.25. The zero-order valence-corrected chi connectivity index (χ0v) is 12.5. The normalized spacial score (nSPS) is 13.3. The molecule has 0 unspecified atom stereocenters. The summed E-state index contributed by atoms with van der Waals surface area (Å²) in [5.74, 6) is -1.08. The van der Waals surface area contributed by atoms with Gasteiger partial charge in [-0.3, -0.25) is 4.79 Å². The Morgan fingerprint density at radius 2 is 2.10 bits per heavy atom. The number of amides is 1. The largest absolute Gasteiger partial charge is 0.478 e. The summed E-state index contributed by atoms with van der Waals surface area (Å²) in [7, 11) is 0. The van der Waals surface area contributed by atoms with Crippen LogP contribution >= 0.6 is 11.3 Å².